The molecule has 0 spiro atoms. The molecule has 1 saturated heterocycles. The van der Waals surface area contributed by atoms with Crippen molar-refractivity contribution < 1.29 is 28.4 Å². The molecule has 1 aromatic rings. The molecule has 0 aromatic heterocycles. The van der Waals surface area contributed by atoms with Gasteiger partial charge in [-0.25, -0.2) is 0 Å². The van der Waals surface area contributed by atoms with Gasteiger partial charge in [-0.3, -0.25) is 0 Å². The fourth-order valence-corrected chi connectivity index (χ4v) is 4.68. The van der Waals surface area contributed by atoms with E-state index in [-0.39, 0.29) is 30.3 Å². The lowest BCUT2D eigenvalue weighted by Crippen LogP contribution is -2.62. The molecule has 0 radical (unpaired) electrons. The van der Waals surface area contributed by atoms with Crippen LogP contribution in [-0.4, -0.2) is 58.1 Å². The van der Waals surface area contributed by atoms with Gasteiger partial charge in [-0.1, -0.05) is 51.7 Å². The quantitative estimate of drug-likeness (QED) is 0.334. The Hall–Kier alpha value is -1.18. The van der Waals surface area contributed by atoms with Crippen molar-refractivity contribution in [3.05, 3.63) is 29.3 Å². The van der Waals surface area contributed by atoms with Crippen molar-refractivity contribution in [2.75, 3.05) is 33.5 Å². The number of aryl methyl sites for hydroxylation is 1. The number of methoxy groups -OCH3 is 1. The lowest BCUT2D eigenvalue weighted by atomic mass is 9.81. The first-order valence-electron chi connectivity index (χ1n) is 12.9. The van der Waals surface area contributed by atoms with Gasteiger partial charge in [0.1, 0.15) is 18.0 Å². The van der Waals surface area contributed by atoms with Crippen LogP contribution in [0.2, 0.25) is 0 Å². The Balaban J connectivity index is 1.90. The van der Waals surface area contributed by atoms with Crippen LogP contribution in [0.3, 0.4) is 0 Å². The molecule has 6 atom stereocenters. The highest BCUT2D eigenvalue weighted by Crippen LogP contribution is 2.47. The fraction of sp³-hybridized carbons (Fsp3) is 0.778. The third-order valence-corrected chi connectivity index (χ3v) is 6.55. The van der Waals surface area contributed by atoms with Crippen molar-refractivity contribution in [1.29, 1.82) is 0 Å². The van der Waals surface area contributed by atoms with Crippen molar-refractivity contribution in [2.45, 2.75) is 96.9 Å². The van der Waals surface area contributed by atoms with Crippen molar-refractivity contribution in [1.82, 2.24) is 0 Å². The van der Waals surface area contributed by atoms with Gasteiger partial charge in [0.15, 0.2) is 0 Å². The smallest absolute Gasteiger partial charge is 0.208 e. The standard InChI is InChI=1S/C27H44O6/c1-6-9-14-29-18-22-25(30-15-10-7-2)26(31-16-11-8-3)23-24(28-5)20-17-19(4)12-13-21(20)32-27(23)33-22/h12-13,17,22-27H,6-11,14-16,18H2,1-5H3/t22-,23-,24-,25+,26-,27+/m1/s1. The molecule has 0 aliphatic carbocycles. The highest BCUT2D eigenvalue weighted by atomic mass is 16.7. The molecule has 33 heavy (non-hydrogen) atoms. The van der Waals surface area contributed by atoms with Gasteiger partial charge in [0.25, 0.3) is 0 Å². The first-order valence-corrected chi connectivity index (χ1v) is 12.9. The van der Waals surface area contributed by atoms with Crippen molar-refractivity contribution in [2.24, 2.45) is 5.92 Å². The summed E-state index contributed by atoms with van der Waals surface area (Å²) in [6.07, 6.45) is 4.95. The zero-order chi connectivity index (χ0) is 23.6. The monoisotopic (exact) mass is 464 g/mol. The molecule has 1 aromatic carbocycles. The zero-order valence-corrected chi connectivity index (χ0v) is 21.2. The molecule has 6 heteroatoms. The molecule has 188 valence electrons. The number of hydrogen-bond donors (Lipinski definition) is 0. The third kappa shape index (κ3) is 6.70. The number of hydrogen-bond acceptors (Lipinski definition) is 6. The van der Waals surface area contributed by atoms with Crippen LogP contribution in [0.25, 0.3) is 0 Å². The van der Waals surface area contributed by atoms with Gasteiger partial charge in [-0.05, 0) is 38.3 Å². The first kappa shape index (κ1) is 26.4. The molecule has 6 nitrogen and oxygen atoms in total. The normalized spacial score (nSPS) is 28.8. The maximum atomic E-state index is 6.55. The minimum absolute atomic E-state index is 0.125. The van der Waals surface area contributed by atoms with Crippen LogP contribution in [0, 0.1) is 12.8 Å². The van der Waals surface area contributed by atoms with Crippen LogP contribution >= 0.6 is 0 Å². The van der Waals surface area contributed by atoms with E-state index >= 15 is 0 Å². The molecule has 0 unspecified atom stereocenters. The third-order valence-electron chi connectivity index (χ3n) is 6.55. The second kappa shape index (κ2) is 13.6. The van der Waals surface area contributed by atoms with E-state index in [4.69, 9.17) is 28.4 Å². The summed E-state index contributed by atoms with van der Waals surface area (Å²) in [7, 11) is 1.76. The summed E-state index contributed by atoms with van der Waals surface area (Å²) in [4.78, 5) is 0. The predicted molar refractivity (Wildman–Crippen MR) is 129 cm³/mol. The molecule has 2 heterocycles. The number of ether oxygens (including phenoxy) is 6. The van der Waals surface area contributed by atoms with E-state index in [1.807, 2.05) is 6.07 Å². The minimum atomic E-state index is -0.470. The second-order valence-corrected chi connectivity index (χ2v) is 9.24. The number of fused-ring (bicyclic) bond motifs is 2. The maximum absolute atomic E-state index is 6.55. The van der Waals surface area contributed by atoms with Gasteiger partial charge in [0.05, 0.1) is 24.7 Å². The highest BCUT2D eigenvalue weighted by molar-refractivity contribution is 5.41. The summed E-state index contributed by atoms with van der Waals surface area (Å²) in [5.41, 5.74) is 2.23. The Labute approximate surface area is 200 Å². The minimum Gasteiger partial charge on any atom is -0.464 e. The molecule has 2 aliphatic heterocycles. The van der Waals surface area contributed by atoms with Gasteiger partial charge in [-0.15, -0.1) is 0 Å². The first-order chi connectivity index (χ1) is 16.1. The molecule has 0 N–H and O–H groups in total. The number of rotatable bonds is 14. The Morgan fingerprint density at radius 3 is 2.21 bits per heavy atom. The Kier molecular flexibility index (Phi) is 10.9. The molecule has 0 amide bonds. The molecule has 2 aliphatic rings. The molecule has 0 saturated carbocycles. The largest absolute Gasteiger partial charge is 0.464 e. The number of unbranched alkanes of at least 4 members (excludes halogenated alkanes) is 3. The van der Waals surface area contributed by atoms with E-state index in [1.54, 1.807) is 7.11 Å². The lowest BCUT2D eigenvalue weighted by molar-refractivity contribution is -0.303. The maximum Gasteiger partial charge on any atom is 0.208 e. The predicted octanol–water partition coefficient (Wildman–Crippen LogP) is 5.60. The SMILES string of the molecule is CCCCOC[C@H]1O[C@@H]2Oc3ccc(C)cc3[C@@H](OC)[C@@H]2[C@@H](OCCCC)[C@H]1OCCCC. The van der Waals surface area contributed by atoms with Gasteiger partial charge < -0.3 is 28.4 Å². The topological polar surface area (TPSA) is 55.4 Å². The van der Waals surface area contributed by atoms with Crippen LogP contribution in [0.5, 0.6) is 5.75 Å². The molecule has 3 rings (SSSR count). The summed E-state index contributed by atoms with van der Waals surface area (Å²) in [5.74, 6) is 0.691. The Morgan fingerprint density at radius 1 is 0.879 bits per heavy atom. The second-order valence-electron chi connectivity index (χ2n) is 9.24. The Morgan fingerprint density at radius 2 is 1.55 bits per heavy atom. The zero-order valence-electron chi connectivity index (χ0n) is 21.2. The number of benzene rings is 1. The van der Waals surface area contributed by atoms with Crippen molar-refractivity contribution >= 4 is 0 Å². The van der Waals surface area contributed by atoms with Gasteiger partial charge in [-0.2, -0.15) is 0 Å². The average Bonchev–Trinajstić information content (AvgIpc) is 2.82. The van der Waals surface area contributed by atoms with E-state index in [0.29, 0.717) is 19.8 Å². The average molecular weight is 465 g/mol. The van der Waals surface area contributed by atoms with E-state index in [1.165, 1.54) is 5.56 Å². The summed E-state index contributed by atoms with van der Waals surface area (Å²) >= 11 is 0. The lowest BCUT2D eigenvalue weighted by Gasteiger charge is -2.50. The molecular weight excluding hydrogens is 420 g/mol. The van der Waals surface area contributed by atoms with E-state index < -0.39 is 6.29 Å². The summed E-state index contributed by atoms with van der Waals surface area (Å²) in [6.45, 7) is 11.1. The van der Waals surface area contributed by atoms with Gasteiger partial charge in [0, 0.05) is 32.5 Å². The summed E-state index contributed by atoms with van der Waals surface area (Å²) < 4.78 is 38.0. The van der Waals surface area contributed by atoms with Crippen LogP contribution in [0.1, 0.15) is 76.5 Å². The Bertz CT molecular complexity index is 695. The highest BCUT2D eigenvalue weighted by Gasteiger charge is 2.54. The van der Waals surface area contributed by atoms with Crippen molar-refractivity contribution in [3.8, 4) is 5.75 Å². The van der Waals surface area contributed by atoms with Crippen LogP contribution in [0.4, 0.5) is 0 Å². The fourth-order valence-electron chi connectivity index (χ4n) is 4.68. The summed E-state index contributed by atoms with van der Waals surface area (Å²) in [6, 6.07) is 6.22. The molecular formula is C27H44O6. The van der Waals surface area contributed by atoms with E-state index in [2.05, 4.69) is 39.8 Å². The van der Waals surface area contributed by atoms with E-state index in [9.17, 15) is 0 Å². The van der Waals surface area contributed by atoms with Crippen LogP contribution < -0.4 is 4.74 Å². The van der Waals surface area contributed by atoms with Crippen LogP contribution in [-0.2, 0) is 23.7 Å². The van der Waals surface area contributed by atoms with Gasteiger partial charge in [0.2, 0.25) is 6.29 Å². The van der Waals surface area contributed by atoms with Crippen LogP contribution in [0.15, 0.2) is 18.2 Å². The molecule has 1 fully saturated rings. The van der Waals surface area contributed by atoms with Crippen molar-refractivity contribution in [3.63, 3.8) is 0 Å². The van der Waals surface area contributed by atoms with E-state index in [0.717, 1.165) is 56.4 Å². The molecule has 0 bridgehead atoms. The summed E-state index contributed by atoms with van der Waals surface area (Å²) in [5, 5.41) is 0. The van der Waals surface area contributed by atoms with Gasteiger partial charge >= 0.3 is 0 Å².